The van der Waals surface area contributed by atoms with E-state index in [1.807, 2.05) is 0 Å². The van der Waals surface area contributed by atoms with E-state index < -0.39 is 53.5 Å². The molecule has 2 aromatic rings. The van der Waals surface area contributed by atoms with Crippen LogP contribution in [0.15, 0.2) is 34.0 Å². The second-order valence-corrected chi connectivity index (χ2v) is 7.65. The molecule has 13 nitrogen and oxygen atoms in total. The lowest BCUT2D eigenvalue weighted by molar-refractivity contribution is -0.385. The highest BCUT2D eigenvalue weighted by Crippen LogP contribution is 2.28. The van der Waals surface area contributed by atoms with E-state index in [1.54, 1.807) is 0 Å². The minimum atomic E-state index is -1.54. The van der Waals surface area contributed by atoms with Crippen molar-refractivity contribution in [1.29, 1.82) is 0 Å². The molecule has 1 aromatic heterocycles. The van der Waals surface area contributed by atoms with Crippen LogP contribution in [-0.4, -0.2) is 62.4 Å². The van der Waals surface area contributed by atoms with E-state index >= 15 is 0 Å². The molecule has 0 saturated carbocycles. The van der Waals surface area contributed by atoms with E-state index in [1.165, 1.54) is 31.3 Å². The number of aromatic nitrogens is 2. The van der Waals surface area contributed by atoms with Crippen LogP contribution < -0.4 is 11.2 Å². The zero-order chi connectivity index (χ0) is 24.3. The Balaban J connectivity index is 1.54. The molecule has 2 unspecified atom stereocenters. The van der Waals surface area contributed by atoms with Gasteiger partial charge in [0.15, 0.2) is 6.23 Å². The number of nitrogens with one attached hydrogen (secondary N) is 1. The van der Waals surface area contributed by atoms with Crippen molar-refractivity contribution in [1.82, 2.24) is 9.55 Å². The van der Waals surface area contributed by atoms with Gasteiger partial charge in [-0.1, -0.05) is 17.7 Å². The third-order valence-corrected chi connectivity index (χ3v) is 5.19. The van der Waals surface area contributed by atoms with Crippen molar-refractivity contribution in [2.45, 2.75) is 37.9 Å². The molecular formula is C19H20ClN3O10. The average molecular weight is 486 g/mol. The number of hydrogen-bond acceptors (Lipinski definition) is 10. The van der Waals surface area contributed by atoms with Gasteiger partial charge in [0.05, 0.1) is 11.5 Å². The summed E-state index contributed by atoms with van der Waals surface area (Å²) in [6, 6.07) is 4.10. The third-order valence-electron chi connectivity index (χ3n) is 4.96. The average Bonchev–Trinajstić information content (AvgIpc) is 3.04. The fourth-order valence-corrected chi connectivity index (χ4v) is 3.39. The first kappa shape index (κ1) is 24.4. The van der Waals surface area contributed by atoms with Crippen LogP contribution >= 0.6 is 11.6 Å². The summed E-state index contributed by atoms with van der Waals surface area (Å²) in [6.45, 7) is 0.709. The molecule has 14 heteroatoms. The lowest BCUT2D eigenvalue weighted by Crippen LogP contribution is -2.38. The van der Waals surface area contributed by atoms with Gasteiger partial charge in [0.25, 0.3) is 11.2 Å². The van der Waals surface area contributed by atoms with Gasteiger partial charge in [-0.3, -0.25) is 24.5 Å². The number of benzene rings is 1. The maximum atomic E-state index is 12.0. The maximum Gasteiger partial charge on any atom is 0.508 e. The molecule has 0 radical (unpaired) electrons. The molecule has 1 fully saturated rings. The van der Waals surface area contributed by atoms with Crippen molar-refractivity contribution in [3.8, 4) is 0 Å². The summed E-state index contributed by atoms with van der Waals surface area (Å²) < 4.78 is 16.1. The van der Waals surface area contributed by atoms with Crippen molar-refractivity contribution >= 4 is 23.4 Å². The quantitative estimate of drug-likeness (QED) is 0.282. The Bertz CT molecular complexity index is 1160. The van der Waals surface area contributed by atoms with E-state index in [4.69, 9.17) is 25.8 Å². The van der Waals surface area contributed by atoms with Crippen LogP contribution in [0.3, 0.4) is 0 Å². The van der Waals surface area contributed by atoms with Gasteiger partial charge in [-0.15, -0.1) is 0 Å². The van der Waals surface area contributed by atoms with Gasteiger partial charge in [0.1, 0.15) is 24.9 Å². The number of aliphatic hydroxyl groups is 2. The number of aryl methyl sites for hydroxylation is 1. The molecule has 3 N–H and O–H groups in total. The Morgan fingerprint density at radius 1 is 1.30 bits per heavy atom. The van der Waals surface area contributed by atoms with Crippen LogP contribution in [0.2, 0.25) is 5.02 Å². The van der Waals surface area contributed by atoms with Crippen LogP contribution in [0.25, 0.3) is 0 Å². The number of H-pyrrole nitrogens is 1. The number of aliphatic hydroxyl groups excluding tert-OH is 2. The van der Waals surface area contributed by atoms with E-state index in [2.05, 4.69) is 4.98 Å². The van der Waals surface area contributed by atoms with Crippen LogP contribution in [0, 0.1) is 17.0 Å². The second-order valence-electron chi connectivity index (χ2n) is 7.21. The number of nitrogens with zero attached hydrogens (tertiary/aromatic N) is 2. The van der Waals surface area contributed by atoms with Crippen molar-refractivity contribution in [3.05, 3.63) is 71.5 Å². The lowest BCUT2D eigenvalue weighted by atomic mass is 10.1. The van der Waals surface area contributed by atoms with Crippen molar-refractivity contribution in [2.24, 2.45) is 0 Å². The van der Waals surface area contributed by atoms with Gasteiger partial charge in [-0.05, 0) is 13.0 Å². The van der Waals surface area contributed by atoms with Gasteiger partial charge >= 0.3 is 11.8 Å². The number of aromatic amines is 1. The predicted molar refractivity (Wildman–Crippen MR) is 111 cm³/mol. The number of carbonyl (C=O) groups is 1. The molecule has 178 valence electrons. The zero-order valence-corrected chi connectivity index (χ0v) is 17.9. The third kappa shape index (κ3) is 5.57. The smallest absolute Gasteiger partial charge is 0.434 e. The van der Waals surface area contributed by atoms with Crippen LogP contribution in [0.4, 0.5) is 10.5 Å². The standard InChI is InChI=1S/C19H20ClN3O10/c1-9-7-22(18(27)21-16(9)26)17-15(25)14(24)13(33-17)8-32-19(28)31-5-4-10-2-3-11(20)6-12(10)23(29)30/h2-3,6-7,13-15,17,24-25H,4-5,8H2,1H3,(H,21,26,27)/t13-,14?,15?,17-/m1/s1. The van der Waals surface area contributed by atoms with Crippen LogP contribution in [0.5, 0.6) is 0 Å². The van der Waals surface area contributed by atoms with Gasteiger partial charge in [0, 0.05) is 34.8 Å². The Morgan fingerprint density at radius 3 is 2.73 bits per heavy atom. The number of halogens is 1. The number of nitro groups is 1. The molecule has 2 heterocycles. The first-order chi connectivity index (χ1) is 15.6. The summed E-state index contributed by atoms with van der Waals surface area (Å²) in [5, 5.41) is 31.7. The molecule has 4 atom stereocenters. The first-order valence-electron chi connectivity index (χ1n) is 9.64. The summed E-state index contributed by atoms with van der Waals surface area (Å²) in [5.74, 6) is 0. The van der Waals surface area contributed by atoms with Gasteiger partial charge in [-0.25, -0.2) is 9.59 Å². The molecule has 1 aliphatic heterocycles. The molecule has 3 rings (SSSR count). The zero-order valence-electron chi connectivity index (χ0n) is 17.2. The highest BCUT2D eigenvalue weighted by Gasteiger charge is 2.44. The maximum absolute atomic E-state index is 12.0. The van der Waals surface area contributed by atoms with Crippen molar-refractivity contribution < 1.29 is 34.1 Å². The monoisotopic (exact) mass is 485 g/mol. The number of ether oxygens (including phenoxy) is 3. The minimum Gasteiger partial charge on any atom is -0.434 e. The molecule has 1 aliphatic rings. The molecule has 0 aliphatic carbocycles. The predicted octanol–water partition coefficient (Wildman–Crippen LogP) is 0.422. The first-order valence-corrected chi connectivity index (χ1v) is 10.0. The number of nitro benzene ring substituents is 1. The van der Waals surface area contributed by atoms with Gasteiger partial charge in [-0.2, -0.15) is 0 Å². The molecule has 0 spiro atoms. The molecule has 0 amide bonds. The molecule has 0 bridgehead atoms. The van der Waals surface area contributed by atoms with E-state index in [0.717, 1.165) is 4.57 Å². The lowest BCUT2D eigenvalue weighted by Gasteiger charge is -2.17. The summed E-state index contributed by atoms with van der Waals surface area (Å²) in [7, 11) is 0. The molecule has 1 saturated heterocycles. The Hall–Kier alpha value is -3.26. The molecular weight excluding hydrogens is 466 g/mol. The largest absolute Gasteiger partial charge is 0.508 e. The highest BCUT2D eigenvalue weighted by atomic mass is 35.5. The Kier molecular flexibility index (Phi) is 7.48. The van der Waals surface area contributed by atoms with Crippen LogP contribution in [0.1, 0.15) is 17.4 Å². The number of carbonyl (C=O) groups excluding carboxylic acids is 1. The fraction of sp³-hybridized carbons (Fsp3) is 0.421. The normalized spacial score (nSPS) is 22.2. The van der Waals surface area contributed by atoms with Gasteiger partial charge < -0.3 is 24.4 Å². The number of hydrogen-bond donors (Lipinski definition) is 3. The Morgan fingerprint density at radius 2 is 2.03 bits per heavy atom. The molecule has 1 aromatic carbocycles. The summed E-state index contributed by atoms with van der Waals surface area (Å²) in [5.41, 5.74) is -1.17. The summed E-state index contributed by atoms with van der Waals surface area (Å²) in [4.78, 5) is 47.9. The second kappa shape index (κ2) is 10.1. The van der Waals surface area contributed by atoms with Gasteiger partial charge in [0.2, 0.25) is 0 Å². The highest BCUT2D eigenvalue weighted by molar-refractivity contribution is 6.30. The number of rotatable bonds is 7. The van der Waals surface area contributed by atoms with E-state index in [0.29, 0.717) is 5.56 Å². The van der Waals surface area contributed by atoms with E-state index in [9.17, 15) is 34.7 Å². The topological polar surface area (TPSA) is 183 Å². The van der Waals surface area contributed by atoms with Crippen molar-refractivity contribution in [3.63, 3.8) is 0 Å². The SMILES string of the molecule is Cc1cn([C@@H]2O[C@H](COC(=O)OCCc3ccc(Cl)cc3[N+](=O)[O-])C(O)C2O)c(=O)[nH]c1=O. The van der Waals surface area contributed by atoms with E-state index in [-0.39, 0.29) is 29.3 Å². The van der Waals surface area contributed by atoms with Crippen LogP contribution in [-0.2, 0) is 20.6 Å². The summed E-state index contributed by atoms with van der Waals surface area (Å²) >= 11 is 5.75. The molecule has 33 heavy (non-hydrogen) atoms. The fourth-order valence-electron chi connectivity index (χ4n) is 3.23. The Labute approximate surface area is 190 Å². The summed E-state index contributed by atoms with van der Waals surface area (Å²) in [6.07, 6.45) is -5.47. The minimum absolute atomic E-state index is 0.0282. The van der Waals surface area contributed by atoms with Crippen molar-refractivity contribution in [2.75, 3.05) is 13.2 Å².